The van der Waals surface area contributed by atoms with Crippen LogP contribution in [-0.4, -0.2) is 44.0 Å². The highest BCUT2D eigenvalue weighted by Gasteiger charge is 2.29. The van der Waals surface area contributed by atoms with E-state index < -0.39 is 0 Å². The van der Waals surface area contributed by atoms with Crippen LogP contribution in [0.4, 0.5) is 0 Å². The van der Waals surface area contributed by atoms with E-state index in [-0.39, 0.29) is 17.7 Å². The van der Waals surface area contributed by atoms with Crippen LogP contribution in [0.15, 0.2) is 35.7 Å². The number of hydrogen-bond donors (Lipinski definition) is 1. The molecule has 1 saturated heterocycles. The van der Waals surface area contributed by atoms with Gasteiger partial charge in [-0.2, -0.15) is 0 Å². The van der Waals surface area contributed by atoms with E-state index in [9.17, 15) is 9.59 Å². The van der Waals surface area contributed by atoms with Crippen molar-refractivity contribution in [1.29, 1.82) is 0 Å². The smallest absolute Gasteiger partial charge is 0.263 e. The van der Waals surface area contributed by atoms with Crippen molar-refractivity contribution in [2.75, 3.05) is 27.3 Å². The number of nitrogens with one attached hydrogen (secondary N) is 1. The summed E-state index contributed by atoms with van der Waals surface area (Å²) in [6.07, 6.45) is 1.62. The number of rotatable bonds is 6. The van der Waals surface area contributed by atoms with Crippen LogP contribution in [0.1, 0.15) is 28.1 Å². The molecule has 1 N–H and O–H groups in total. The minimum Gasteiger partial charge on any atom is -0.493 e. The second-order valence-corrected chi connectivity index (χ2v) is 7.39. The number of para-hydroxylation sites is 1. The number of methoxy groups -OCH3 is 2. The molecule has 1 aliphatic heterocycles. The zero-order valence-corrected chi connectivity index (χ0v) is 16.4. The summed E-state index contributed by atoms with van der Waals surface area (Å²) in [6, 6.07) is 9.28. The molecule has 1 unspecified atom stereocenters. The van der Waals surface area contributed by atoms with Gasteiger partial charge in [0.15, 0.2) is 11.5 Å². The molecule has 27 heavy (non-hydrogen) atoms. The quantitative estimate of drug-likeness (QED) is 0.826. The topological polar surface area (TPSA) is 67.9 Å². The molecular formula is C20H24N2O4S. The van der Waals surface area contributed by atoms with Crippen molar-refractivity contribution >= 4 is 23.2 Å². The summed E-state index contributed by atoms with van der Waals surface area (Å²) in [5.74, 6) is 1.04. The zero-order chi connectivity index (χ0) is 19.2. The number of carbonyl (C=O) groups excluding carboxylic acids is 2. The highest BCUT2D eigenvalue weighted by atomic mass is 32.1. The molecule has 0 radical (unpaired) electrons. The van der Waals surface area contributed by atoms with Gasteiger partial charge in [0.2, 0.25) is 5.91 Å². The van der Waals surface area contributed by atoms with E-state index in [0.717, 1.165) is 23.3 Å². The summed E-state index contributed by atoms with van der Waals surface area (Å²) in [7, 11) is 3.17. The molecule has 7 heteroatoms. The van der Waals surface area contributed by atoms with E-state index in [0.29, 0.717) is 31.1 Å². The lowest BCUT2D eigenvalue weighted by molar-refractivity contribution is -0.126. The van der Waals surface area contributed by atoms with Gasteiger partial charge in [0, 0.05) is 25.2 Å². The van der Waals surface area contributed by atoms with Crippen molar-refractivity contribution in [3.63, 3.8) is 0 Å². The van der Waals surface area contributed by atoms with Crippen molar-refractivity contribution in [1.82, 2.24) is 10.2 Å². The lowest BCUT2D eigenvalue weighted by Crippen LogP contribution is -2.45. The number of likely N-dealkylation sites (tertiary alicyclic amines) is 1. The second kappa shape index (κ2) is 8.90. The largest absolute Gasteiger partial charge is 0.493 e. The van der Waals surface area contributed by atoms with Gasteiger partial charge in [-0.05, 0) is 30.4 Å². The first-order valence-corrected chi connectivity index (χ1v) is 9.82. The van der Waals surface area contributed by atoms with Crippen molar-refractivity contribution in [3.05, 3.63) is 46.2 Å². The summed E-state index contributed by atoms with van der Waals surface area (Å²) in [4.78, 5) is 27.7. The number of thiophene rings is 1. The van der Waals surface area contributed by atoms with Crippen molar-refractivity contribution in [2.24, 2.45) is 5.92 Å². The van der Waals surface area contributed by atoms with Crippen LogP contribution in [-0.2, 0) is 11.3 Å². The first-order chi connectivity index (χ1) is 13.1. The van der Waals surface area contributed by atoms with Crippen LogP contribution < -0.4 is 14.8 Å². The van der Waals surface area contributed by atoms with Crippen molar-refractivity contribution in [2.45, 2.75) is 19.4 Å². The molecule has 0 aliphatic carbocycles. The Labute approximate surface area is 163 Å². The maximum absolute atomic E-state index is 12.7. The van der Waals surface area contributed by atoms with Crippen molar-refractivity contribution in [3.8, 4) is 11.5 Å². The molecule has 3 rings (SSSR count). The fraction of sp³-hybridized carbons (Fsp3) is 0.400. The molecule has 1 aromatic heterocycles. The third-order valence-electron chi connectivity index (χ3n) is 4.75. The Hall–Kier alpha value is -2.54. The summed E-state index contributed by atoms with van der Waals surface area (Å²) >= 11 is 1.43. The van der Waals surface area contributed by atoms with Gasteiger partial charge in [-0.1, -0.05) is 18.2 Å². The number of carbonyl (C=O) groups is 2. The van der Waals surface area contributed by atoms with Gasteiger partial charge in [0.05, 0.1) is 25.0 Å². The third-order valence-corrected chi connectivity index (χ3v) is 5.61. The predicted octanol–water partition coefficient (Wildman–Crippen LogP) is 2.93. The Bertz CT molecular complexity index is 791. The molecule has 1 atom stereocenters. The first kappa shape index (κ1) is 19.2. The number of nitrogens with zero attached hydrogens (tertiary/aromatic N) is 1. The van der Waals surface area contributed by atoms with E-state index >= 15 is 0 Å². The minimum absolute atomic E-state index is 0.0111. The monoisotopic (exact) mass is 388 g/mol. The Morgan fingerprint density at radius 3 is 2.78 bits per heavy atom. The highest BCUT2D eigenvalue weighted by Crippen LogP contribution is 2.30. The molecule has 2 aromatic rings. The van der Waals surface area contributed by atoms with Gasteiger partial charge < -0.3 is 19.7 Å². The SMILES string of the molecule is COc1cccc(CNC(=O)C2CCCN(C(=O)c3cccs3)C2)c1OC. The molecule has 144 valence electrons. The zero-order valence-electron chi connectivity index (χ0n) is 15.6. The third kappa shape index (κ3) is 4.42. The molecule has 2 heterocycles. The fourth-order valence-corrected chi connectivity index (χ4v) is 4.04. The van der Waals surface area contributed by atoms with Gasteiger partial charge in [-0.25, -0.2) is 0 Å². The Morgan fingerprint density at radius 1 is 1.22 bits per heavy atom. The Balaban J connectivity index is 1.60. The molecule has 0 bridgehead atoms. The minimum atomic E-state index is -0.195. The Kier molecular flexibility index (Phi) is 6.34. The van der Waals surface area contributed by atoms with Gasteiger partial charge >= 0.3 is 0 Å². The maximum atomic E-state index is 12.7. The lowest BCUT2D eigenvalue weighted by atomic mass is 9.97. The van der Waals surface area contributed by atoms with Crippen molar-refractivity contribution < 1.29 is 19.1 Å². The van der Waals surface area contributed by atoms with E-state index in [1.54, 1.807) is 19.1 Å². The van der Waals surface area contributed by atoms with Gasteiger partial charge in [-0.15, -0.1) is 11.3 Å². The summed E-state index contributed by atoms with van der Waals surface area (Å²) in [5.41, 5.74) is 0.854. The molecule has 2 amide bonds. The van der Waals surface area contributed by atoms with E-state index in [1.165, 1.54) is 11.3 Å². The highest BCUT2D eigenvalue weighted by molar-refractivity contribution is 7.12. The van der Waals surface area contributed by atoms with Crippen LogP contribution in [0.5, 0.6) is 11.5 Å². The van der Waals surface area contributed by atoms with Crippen LogP contribution in [0, 0.1) is 5.92 Å². The van der Waals surface area contributed by atoms with E-state index in [2.05, 4.69) is 5.32 Å². The lowest BCUT2D eigenvalue weighted by Gasteiger charge is -2.31. The van der Waals surface area contributed by atoms with Crippen LogP contribution in [0.25, 0.3) is 0 Å². The predicted molar refractivity (Wildman–Crippen MR) is 104 cm³/mol. The van der Waals surface area contributed by atoms with Gasteiger partial charge in [0.1, 0.15) is 0 Å². The molecular weight excluding hydrogens is 364 g/mol. The van der Waals surface area contributed by atoms with Gasteiger partial charge in [0.25, 0.3) is 5.91 Å². The maximum Gasteiger partial charge on any atom is 0.263 e. The molecule has 1 aromatic carbocycles. The molecule has 6 nitrogen and oxygen atoms in total. The van der Waals surface area contributed by atoms with Crippen LogP contribution in [0.2, 0.25) is 0 Å². The average Bonchev–Trinajstić information content (AvgIpc) is 3.25. The first-order valence-electron chi connectivity index (χ1n) is 8.94. The number of ether oxygens (including phenoxy) is 2. The average molecular weight is 388 g/mol. The standard InChI is InChI=1S/C20H24N2O4S/c1-25-16-8-3-6-14(18(16)26-2)12-21-19(23)15-7-4-10-22(13-15)20(24)17-9-5-11-27-17/h3,5-6,8-9,11,15H,4,7,10,12-13H2,1-2H3,(H,21,23). The van der Waals surface area contributed by atoms with Crippen LogP contribution >= 0.6 is 11.3 Å². The molecule has 0 saturated carbocycles. The summed E-state index contributed by atoms with van der Waals surface area (Å²) < 4.78 is 10.7. The normalized spacial score (nSPS) is 16.7. The Morgan fingerprint density at radius 2 is 2.07 bits per heavy atom. The molecule has 1 fully saturated rings. The summed E-state index contributed by atoms with van der Waals surface area (Å²) in [5, 5.41) is 4.87. The second-order valence-electron chi connectivity index (χ2n) is 6.44. The number of hydrogen-bond acceptors (Lipinski definition) is 5. The van der Waals surface area contributed by atoms with Crippen LogP contribution in [0.3, 0.4) is 0 Å². The number of amides is 2. The summed E-state index contributed by atoms with van der Waals surface area (Å²) in [6.45, 7) is 1.51. The number of piperidine rings is 1. The van der Waals surface area contributed by atoms with E-state index in [4.69, 9.17) is 9.47 Å². The molecule has 0 spiro atoms. The van der Waals surface area contributed by atoms with E-state index in [1.807, 2.05) is 35.7 Å². The fourth-order valence-electron chi connectivity index (χ4n) is 3.35. The number of benzene rings is 1. The molecule has 1 aliphatic rings. The van der Waals surface area contributed by atoms with Gasteiger partial charge in [-0.3, -0.25) is 9.59 Å².